The highest BCUT2D eigenvalue weighted by Crippen LogP contribution is 2.27. The summed E-state index contributed by atoms with van der Waals surface area (Å²) in [6.45, 7) is -0.0598. The number of methoxy groups -OCH3 is 1. The van der Waals surface area contributed by atoms with Crippen LogP contribution in [-0.2, 0) is 6.54 Å². The summed E-state index contributed by atoms with van der Waals surface area (Å²) >= 11 is 0. The Balaban J connectivity index is 1.72. The summed E-state index contributed by atoms with van der Waals surface area (Å²) in [4.78, 5) is 22.4. The van der Waals surface area contributed by atoms with Gasteiger partial charge in [-0.15, -0.1) is 0 Å². The number of anilines is 1. The molecule has 1 aliphatic rings. The van der Waals surface area contributed by atoms with Crippen molar-refractivity contribution in [3.8, 4) is 17.2 Å². The lowest BCUT2D eigenvalue weighted by Gasteiger charge is -2.10. The molecule has 0 saturated heterocycles. The predicted molar refractivity (Wildman–Crippen MR) is 113 cm³/mol. The van der Waals surface area contributed by atoms with Crippen molar-refractivity contribution in [2.75, 3.05) is 12.4 Å². The van der Waals surface area contributed by atoms with Crippen LogP contribution in [0.15, 0.2) is 53.5 Å². The zero-order chi connectivity index (χ0) is 21.5. The Bertz CT molecular complexity index is 1340. The van der Waals surface area contributed by atoms with E-state index in [1.54, 1.807) is 30.5 Å². The van der Waals surface area contributed by atoms with Crippen LogP contribution in [0.2, 0.25) is 0 Å². The van der Waals surface area contributed by atoms with Crippen molar-refractivity contribution in [2.45, 2.75) is 25.4 Å². The van der Waals surface area contributed by atoms with E-state index in [2.05, 4.69) is 15.3 Å². The molecule has 0 bridgehead atoms. The van der Waals surface area contributed by atoms with Gasteiger partial charge in [0.05, 0.1) is 25.5 Å². The Hall–Kier alpha value is -3.88. The Labute approximate surface area is 176 Å². The van der Waals surface area contributed by atoms with Crippen molar-refractivity contribution in [3.05, 3.63) is 70.5 Å². The number of halogens is 1. The predicted octanol–water partition coefficient (Wildman–Crippen LogP) is 3.06. The van der Waals surface area contributed by atoms with Crippen LogP contribution >= 0.6 is 0 Å². The minimum Gasteiger partial charge on any atom is -0.508 e. The lowest BCUT2D eigenvalue weighted by Crippen LogP contribution is -2.24. The van der Waals surface area contributed by atoms with Gasteiger partial charge in [0, 0.05) is 17.7 Å². The molecule has 0 spiro atoms. The molecule has 2 aromatic carbocycles. The number of nitrogens with zero attached hydrogens (tertiary/aromatic N) is 4. The average molecular weight is 421 g/mol. The summed E-state index contributed by atoms with van der Waals surface area (Å²) in [5.74, 6) is 0.312. The summed E-state index contributed by atoms with van der Waals surface area (Å²) in [6, 6.07) is 11.2. The molecular weight excluding hydrogens is 401 g/mol. The number of imidazole rings is 1. The minimum absolute atomic E-state index is 0.0199. The largest absolute Gasteiger partial charge is 0.508 e. The van der Waals surface area contributed by atoms with Crippen LogP contribution in [-0.4, -0.2) is 37.4 Å². The Morgan fingerprint density at radius 1 is 1.26 bits per heavy atom. The smallest absolute Gasteiger partial charge is 0.335 e. The highest BCUT2D eigenvalue weighted by Gasteiger charge is 2.24. The third-order valence-corrected chi connectivity index (χ3v) is 5.29. The van der Waals surface area contributed by atoms with E-state index in [0.29, 0.717) is 34.6 Å². The fourth-order valence-electron chi connectivity index (χ4n) is 3.57. The summed E-state index contributed by atoms with van der Waals surface area (Å²) < 4.78 is 22.7. The van der Waals surface area contributed by atoms with Crippen LogP contribution in [0.25, 0.3) is 16.9 Å². The number of aromatic nitrogens is 4. The van der Waals surface area contributed by atoms with Gasteiger partial charge >= 0.3 is 5.69 Å². The SMILES string of the molecule is COc1cccc(F)c1Cn1c(=O)n(-c2cccc(O)c2)c2nc(NC3CC3)ncc21. The third-order valence-electron chi connectivity index (χ3n) is 5.29. The van der Waals surface area contributed by atoms with Crippen molar-refractivity contribution >= 4 is 17.1 Å². The van der Waals surface area contributed by atoms with Crippen molar-refractivity contribution in [1.29, 1.82) is 0 Å². The number of hydrogen-bond acceptors (Lipinski definition) is 6. The van der Waals surface area contributed by atoms with E-state index >= 15 is 0 Å². The second kappa shape index (κ2) is 7.42. The van der Waals surface area contributed by atoms with Crippen LogP contribution in [0, 0.1) is 5.82 Å². The first kappa shape index (κ1) is 19.1. The molecule has 158 valence electrons. The molecule has 4 aromatic rings. The molecule has 1 fully saturated rings. The quantitative estimate of drug-likeness (QED) is 0.497. The van der Waals surface area contributed by atoms with E-state index in [-0.39, 0.29) is 17.9 Å². The van der Waals surface area contributed by atoms with E-state index in [1.807, 2.05) is 0 Å². The van der Waals surface area contributed by atoms with Gasteiger partial charge in [0.15, 0.2) is 5.65 Å². The lowest BCUT2D eigenvalue weighted by atomic mass is 10.2. The van der Waals surface area contributed by atoms with E-state index in [1.165, 1.54) is 34.4 Å². The maximum Gasteiger partial charge on any atom is 0.335 e. The van der Waals surface area contributed by atoms with Gasteiger partial charge in [-0.25, -0.2) is 18.7 Å². The first-order valence-electron chi connectivity index (χ1n) is 9.91. The Kier molecular flexibility index (Phi) is 4.58. The fourth-order valence-corrected chi connectivity index (χ4v) is 3.57. The highest BCUT2D eigenvalue weighted by atomic mass is 19.1. The molecular formula is C22H20FN5O3. The first-order valence-corrected chi connectivity index (χ1v) is 9.91. The maximum atomic E-state index is 14.6. The van der Waals surface area contributed by atoms with E-state index < -0.39 is 11.5 Å². The summed E-state index contributed by atoms with van der Waals surface area (Å²) in [6.07, 6.45) is 3.66. The van der Waals surface area contributed by atoms with Gasteiger partial charge < -0.3 is 15.2 Å². The maximum absolute atomic E-state index is 14.6. The molecule has 0 unspecified atom stereocenters. The molecule has 8 nitrogen and oxygen atoms in total. The molecule has 2 aromatic heterocycles. The molecule has 5 rings (SSSR count). The topological polar surface area (TPSA) is 94.2 Å². The molecule has 0 aliphatic heterocycles. The molecule has 0 atom stereocenters. The van der Waals surface area contributed by atoms with Crippen LogP contribution in [0.4, 0.5) is 10.3 Å². The highest BCUT2D eigenvalue weighted by molar-refractivity contribution is 5.74. The molecule has 31 heavy (non-hydrogen) atoms. The lowest BCUT2D eigenvalue weighted by molar-refractivity contribution is 0.402. The van der Waals surface area contributed by atoms with Crippen LogP contribution in [0.5, 0.6) is 11.5 Å². The molecule has 1 aliphatic carbocycles. The fraction of sp³-hybridized carbons (Fsp3) is 0.227. The van der Waals surface area contributed by atoms with Gasteiger partial charge in [-0.1, -0.05) is 12.1 Å². The second-order valence-electron chi connectivity index (χ2n) is 7.47. The molecule has 1 saturated carbocycles. The monoisotopic (exact) mass is 421 g/mol. The van der Waals surface area contributed by atoms with Crippen molar-refractivity contribution in [2.24, 2.45) is 0 Å². The Morgan fingerprint density at radius 2 is 2.06 bits per heavy atom. The molecule has 2 heterocycles. The molecule has 9 heteroatoms. The first-order chi connectivity index (χ1) is 15.0. The number of fused-ring (bicyclic) bond motifs is 1. The zero-order valence-electron chi connectivity index (χ0n) is 16.7. The number of nitrogens with one attached hydrogen (secondary N) is 1. The number of phenolic OH excluding ortho intramolecular Hbond substituents is 1. The summed E-state index contributed by atoms with van der Waals surface area (Å²) in [5, 5.41) is 13.2. The van der Waals surface area contributed by atoms with E-state index in [4.69, 9.17) is 4.74 Å². The van der Waals surface area contributed by atoms with Gasteiger partial charge in [-0.2, -0.15) is 4.98 Å². The number of benzene rings is 2. The van der Waals surface area contributed by atoms with E-state index in [9.17, 15) is 14.3 Å². The molecule has 0 radical (unpaired) electrons. The second-order valence-corrected chi connectivity index (χ2v) is 7.47. The van der Waals surface area contributed by atoms with E-state index in [0.717, 1.165) is 12.8 Å². The number of ether oxygens (including phenoxy) is 1. The number of phenols is 1. The molecule has 0 amide bonds. The third kappa shape index (κ3) is 3.48. The number of aromatic hydroxyl groups is 1. The summed E-state index contributed by atoms with van der Waals surface area (Å²) in [7, 11) is 1.45. The molecule has 2 N–H and O–H groups in total. The number of rotatable bonds is 6. The van der Waals surface area contributed by atoms with Gasteiger partial charge in [0.2, 0.25) is 5.95 Å². The van der Waals surface area contributed by atoms with Crippen molar-refractivity contribution in [1.82, 2.24) is 19.1 Å². The summed E-state index contributed by atoms with van der Waals surface area (Å²) in [5.41, 5.74) is 1.08. The standard InChI is InChI=1S/C22H20FN5O3/c1-31-19-7-3-6-17(23)16(19)12-27-18-11-24-21(25-13-8-9-13)26-20(18)28(22(27)30)14-4-2-5-15(29)10-14/h2-7,10-11,13,29H,8-9,12H2,1H3,(H,24,25,26). The van der Waals surface area contributed by atoms with Gasteiger partial charge in [0.25, 0.3) is 0 Å². The van der Waals surface area contributed by atoms with Gasteiger partial charge in [-0.05, 0) is 37.1 Å². The Morgan fingerprint density at radius 3 is 2.81 bits per heavy atom. The van der Waals surface area contributed by atoms with Crippen LogP contribution in [0.1, 0.15) is 18.4 Å². The van der Waals surface area contributed by atoms with Crippen molar-refractivity contribution < 1.29 is 14.2 Å². The zero-order valence-corrected chi connectivity index (χ0v) is 16.7. The van der Waals surface area contributed by atoms with Crippen LogP contribution in [0.3, 0.4) is 0 Å². The van der Waals surface area contributed by atoms with Gasteiger partial charge in [-0.3, -0.25) is 4.57 Å². The van der Waals surface area contributed by atoms with Gasteiger partial charge in [0.1, 0.15) is 22.8 Å². The minimum atomic E-state index is -0.475. The number of hydrogen-bond donors (Lipinski definition) is 2. The normalized spacial score (nSPS) is 13.5. The average Bonchev–Trinajstić information content (AvgIpc) is 3.53. The van der Waals surface area contributed by atoms with Crippen molar-refractivity contribution in [3.63, 3.8) is 0 Å². The van der Waals surface area contributed by atoms with Crippen LogP contribution < -0.4 is 15.7 Å².